The lowest BCUT2D eigenvalue weighted by molar-refractivity contribution is -0.147. The summed E-state index contributed by atoms with van der Waals surface area (Å²) in [6.45, 7) is 12.3. The number of imidazole rings is 2. The number of halogens is 2. The van der Waals surface area contributed by atoms with E-state index in [9.17, 15) is 32.7 Å². The third-order valence-corrected chi connectivity index (χ3v) is 14.0. The Hall–Kier alpha value is -5.37. The van der Waals surface area contributed by atoms with E-state index in [4.69, 9.17) is 47.1 Å². The molecule has 0 unspecified atom stereocenters. The molecular weight excluding hydrogens is 1070 g/mol. The number of aliphatic hydroxyl groups excluding tert-OH is 1. The Morgan fingerprint density at radius 3 is 1.24 bits per heavy atom. The van der Waals surface area contributed by atoms with Crippen LogP contribution in [0, 0.1) is 61.2 Å². The van der Waals surface area contributed by atoms with Crippen molar-refractivity contribution in [2.24, 2.45) is 23.7 Å². The maximum absolute atomic E-state index is 13.5. The lowest BCUT2D eigenvalue weighted by atomic mass is 9.79. The Kier molecular flexibility index (Phi) is 32.3. The molecule has 3 N–H and O–H groups in total. The van der Waals surface area contributed by atoms with E-state index in [1.165, 1.54) is 7.11 Å². The summed E-state index contributed by atoms with van der Waals surface area (Å²) in [5, 5.41) is 16.7. The molecule has 79 heavy (non-hydrogen) atoms. The second kappa shape index (κ2) is 34.7. The molecule has 2 heterocycles. The van der Waals surface area contributed by atoms with Crippen molar-refractivity contribution in [1.82, 2.24) is 19.1 Å². The number of aryl methyl sites for hydroxylation is 2. The third kappa shape index (κ3) is 24.9. The van der Waals surface area contributed by atoms with E-state index in [1.807, 2.05) is 90.1 Å². The zero-order valence-corrected chi connectivity index (χ0v) is 48.1. The first-order chi connectivity index (χ1) is 35.7. The average Bonchev–Trinajstić information content (AvgIpc) is 3.88. The van der Waals surface area contributed by atoms with Crippen LogP contribution >= 0.6 is 23.2 Å². The number of benzene rings is 2. The molecule has 16 nitrogen and oxygen atoms in total. The maximum atomic E-state index is 13.5. The summed E-state index contributed by atoms with van der Waals surface area (Å²) < 4.78 is 45.0. The number of aliphatic hydroxyl groups is 1. The number of hydrogen-bond donors (Lipinski definition) is 3. The van der Waals surface area contributed by atoms with E-state index in [-0.39, 0.29) is 62.2 Å². The summed E-state index contributed by atoms with van der Waals surface area (Å²) in [5.41, 5.74) is 4.61. The summed E-state index contributed by atoms with van der Waals surface area (Å²) in [4.78, 5) is 58.8. The Labute approximate surface area is 481 Å². The third-order valence-electron chi connectivity index (χ3n) is 13.4. The van der Waals surface area contributed by atoms with Gasteiger partial charge in [0, 0.05) is 34.2 Å². The molecule has 0 amide bonds. The number of carbonyl (C=O) groups is 4. The van der Waals surface area contributed by atoms with Crippen molar-refractivity contribution in [1.29, 1.82) is 0 Å². The standard InChI is InChI=1S/C28H35ClN2O4.C27H33ClN2O4.CH4O3S.CH4O.3CH4/c1-19-6-8-21(9-7-19)18-31-25(23(30-27(31)29)16-17-28(2,3)35-5)24(32)15-12-20-10-13-22(14-11-20)26(33)34-4;1-18-5-7-20(8-6-18)17-30-24(22(29-26(30)28)15-16-27(2,3)34-4)23(31)14-11-19-9-12-21(13-10-19)25(32)33;1-5(2,3)4;1-2;;;/h6-9,20,22H,10-15,18H2,1-5H3;5-8,19,21H,9-14,17H2,1-4H3,(H,32,33);1H3,(H,2,3,4);2H,1H3;3*1H4. The summed E-state index contributed by atoms with van der Waals surface area (Å²) in [5.74, 6) is 11.7. The molecule has 2 aliphatic carbocycles. The summed E-state index contributed by atoms with van der Waals surface area (Å²) >= 11 is 13.0. The van der Waals surface area contributed by atoms with Crippen LogP contribution in [0.5, 0.6) is 0 Å². The van der Waals surface area contributed by atoms with Crippen molar-refractivity contribution in [3.05, 3.63) is 104 Å². The Morgan fingerprint density at radius 1 is 0.633 bits per heavy atom. The maximum Gasteiger partial charge on any atom is 0.308 e. The second-order valence-electron chi connectivity index (χ2n) is 20.2. The number of ketones is 2. The lowest BCUT2D eigenvalue weighted by Crippen LogP contribution is -2.23. The number of rotatable bonds is 16. The SMILES string of the molecule is C.C.C.CO.COC(=O)C1CCC(CCC(=O)c2c(C#CC(C)(C)OC)nc(Cl)n2Cc2ccc(C)cc2)CC1.COC(C)(C)C#Cc1nc(Cl)n(Cc2ccc(C)cc2)c1C(=O)CCC1CCC(C(=O)O)CC1.CS(=O)(=O)O. The van der Waals surface area contributed by atoms with Gasteiger partial charge in [0.2, 0.25) is 10.6 Å². The fraction of sp³-hybridized carbons (Fsp3) is 0.567. The minimum absolute atomic E-state index is 0. The molecule has 0 aliphatic heterocycles. The highest BCUT2D eigenvalue weighted by Gasteiger charge is 2.30. The fourth-order valence-corrected chi connectivity index (χ4v) is 9.07. The van der Waals surface area contributed by atoms with E-state index in [0.717, 1.165) is 80.7 Å². The number of carbonyl (C=O) groups excluding carboxylic acids is 3. The van der Waals surface area contributed by atoms with Crippen molar-refractivity contribution >= 4 is 56.8 Å². The van der Waals surface area contributed by atoms with Crippen LogP contribution in [0.1, 0.15) is 182 Å². The van der Waals surface area contributed by atoms with Gasteiger partial charge in [0.1, 0.15) is 34.0 Å². The average molecular weight is 1160 g/mol. The Morgan fingerprint density at radius 2 is 0.949 bits per heavy atom. The summed E-state index contributed by atoms with van der Waals surface area (Å²) in [6.07, 6.45) is 9.41. The first-order valence-electron chi connectivity index (χ1n) is 25.3. The van der Waals surface area contributed by atoms with Gasteiger partial charge in [0.15, 0.2) is 11.6 Å². The van der Waals surface area contributed by atoms with Gasteiger partial charge in [0.05, 0.1) is 38.3 Å². The van der Waals surface area contributed by atoms with Gasteiger partial charge in [-0.2, -0.15) is 8.42 Å². The first kappa shape index (κ1) is 73.6. The molecule has 19 heteroatoms. The van der Waals surface area contributed by atoms with E-state index < -0.39 is 27.3 Å². The fourth-order valence-electron chi connectivity index (χ4n) is 8.61. The molecule has 4 aromatic rings. The van der Waals surface area contributed by atoms with Gasteiger partial charge in [-0.1, -0.05) is 93.8 Å². The molecule has 2 saturated carbocycles. The minimum Gasteiger partial charge on any atom is -0.481 e. The van der Waals surface area contributed by atoms with Crippen LogP contribution < -0.4 is 0 Å². The lowest BCUT2D eigenvalue weighted by Gasteiger charge is -2.26. The largest absolute Gasteiger partial charge is 0.481 e. The number of Topliss-reactive ketones (excluding diaryl/α,β-unsaturated/α-hetero) is 2. The number of hydrogen-bond acceptors (Lipinski definition) is 12. The predicted molar refractivity (Wildman–Crippen MR) is 314 cm³/mol. The molecule has 2 aliphatic rings. The predicted octanol–water partition coefficient (Wildman–Crippen LogP) is 12.2. The number of carboxylic acids is 1. The number of carboxylic acid groups (broad SMARTS) is 1. The molecule has 0 saturated heterocycles. The minimum atomic E-state index is -3.67. The molecule has 0 radical (unpaired) electrons. The zero-order valence-electron chi connectivity index (χ0n) is 45.8. The number of ether oxygens (including phenoxy) is 3. The van der Waals surface area contributed by atoms with Gasteiger partial charge >= 0.3 is 11.9 Å². The van der Waals surface area contributed by atoms with Gasteiger partial charge in [-0.05, 0) is 164 Å². The van der Waals surface area contributed by atoms with Gasteiger partial charge in [0.25, 0.3) is 10.1 Å². The molecule has 0 bridgehead atoms. The Bertz CT molecular complexity index is 2790. The molecule has 0 spiro atoms. The highest BCUT2D eigenvalue weighted by Crippen LogP contribution is 2.34. The molecular formula is C60H88Cl2N4O12S. The number of esters is 1. The summed E-state index contributed by atoms with van der Waals surface area (Å²) in [6, 6.07) is 16.2. The number of nitrogens with zero attached hydrogens (tertiary/aromatic N) is 4. The van der Waals surface area contributed by atoms with E-state index in [0.29, 0.717) is 79.6 Å². The van der Waals surface area contributed by atoms with Crippen LogP contribution in [0.2, 0.25) is 10.6 Å². The molecule has 2 fully saturated rings. The van der Waals surface area contributed by atoms with Gasteiger partial charge in [-0.15, -0.1) is 0 Å². The quantitative estimate of drug-likeness (QED) is 0.0411. The van der Waals surface area contributed by atoms with Crippen LogP contribution in [0.25, 0.3) is 0 Å². The van der Waals surface area contributed by atoms with Crippen molar-refractivity contribution in [2.75, 3.05) is 34.7 Å². The van der Waals surface area contributed by atoms with Crippen LogP contribution in [-0.2, 0) is 47.0 Å². The van der Waals surface area contributed by atoms with E-state index in [2.05, 4.69) is 33.6 Å². The molecule has 2 aromatic carbocycles. The Balaban J connectivity index is 0.00000133. The zero-order chi connectivity index (χ0) is 57.0. The number of methoxy groups -OCH3 is 3. The highest BCUT2D eigenvalue weighted by atomic mass is 35.5. The first-order valence-corrected chi connectivity index (χ1v) is 27.9. The highest BCUT2D eigenvalue weighted by molar-refractivity contribution is 7.85. The van der Waals surface area contributed by atoms with Gasteiger partial charge < -0.3 is 33.6 Å². The topological polar surface area (TPSA) is 226 Å². The second-order valence-corrected chi connectivity index (χ2v) is 22.3. The molecule has 0 atom stereocenters. The van der Waals surface area contributed by atoms with Crippen molar-refractivity contribution in [3.63, 3.8) is 0 Å². The molecule has 2 aromatic heterocycles. The van der Waals surface area contributed by atoms with E-state index >= 15 is 0 Å². The number of aromatic nitrogens is 4. The summed E-state index contributed by atoms with van der Waals surface area (Å²) in [7, 11) is 1.95. The van der Waals surface area contributed by atoms with Crippen LogP contribution in [-0.4, -0.2) is 112 Å². The van der Waals surface area contributed by atoms with Crippen LogP contribution in [0.4, 0.5) is 0 Å². The molecule has 440 valence electrons. The van der Waals surface area contributed by atoms with E-state index in [1.54, 1.807) is 23.4 Å². The molecule has 6 rings (SSSR count). The van der Waals surface area contributed by atoms with Gasteiger partial charge in [-0.25, -0.2) is 9.97 Å². The smallest absolute Gasteiger partial charge is 0.308 e. The van der Waals surface area contributed by atoms with Crippen LogP contribution in [0.3, 0.4) is 0 Å². The number of aliphatic carboxylic acids is 1. The van der Waals surface area contributed by atoms with Crippen molar-refractivity contribution < 1.29 is 56.6 Å². The van der Waals surface area contributed by atoms with Gasteiger partial charge in [-0.3, -0.25) is 23.7 Å². The normalized spacial score (nSPS) is 16.6. The van der Waals surface area contributed by atoms with Crippen molar-refractivity contribution in [3.8, 4) is 23.7 Å². The van der Waals surface area contributed by atoms with Crippen LogP contribution in [0.15, 0.2) is 48.5 Å². The monoisotopic (exact) mass is 1160 g/mol. The van der Waals surface area contributed by atoms with Crippen molar-refractivity contribution in [2.45, 2.75) is 165 Å².